The SMILES string of the molecule is Cc1ccc(/C=C/C(=O)NCC(=O)NCC(=O)O)c(Br)c1. The summed E-state index contributed by atoms with van der Waals surface area (Å²) in [7, 11) is 0. The largest absolute Gasteiger partial charge is 0.480 e. The number of hydrogen-bond acceptors (Lipinski definition) is 3. The fourth-order valence-corrected chi connectivity index (χ4v) is 2.02. The fourth-order valence-electron chi connectivity index (χ4n) is 1.40. The highest BCUT2D eigenvalue weighted by atomic mass is 79.9. The molecule has 0 heterocycles. The summed E-state index contributed by atoms with van der Waals surface area (Å²) in [6.45, 7) is 1.22. The second-order valence-electron chi connectivity index (χ2n) is 4.25. The van der Waals surface area contributed by atoms with Crippen molar-refractivity contribution < 1.29 is 19.5 Å². The summed E-state index contributed by atoms with van der Waals surface area (Å²) >= 11 is 3.39. The highest BCUT2D eigenvalue weighted by Crippen LogP contribution is 2.19. The molecule has 1 aromatic rings. The van der Waals surface area contributed by atoms with Crippen LogP contribution in [0, 0.1) is 6.92 Å². The lowest BCUT2D eigenvalue weighted by molar-refractivity contribution is -0.137. The first-order chi connectivity index (χ1) is 9.88. The minimum absolute atomic E-state index is 0.272. The van der Waals surface area contributed by atoms with Gasteiger partial charge in [-0.05, 0) is 30.2 Å². The van der Waals surface area contributed by atoms with Crippen molar-refractivity contribution in [2.45, 2.75) is 6.92 Å². The molecule has 7 heteroatoms. The molecule has 0 aliphatic carbocycles. The predicted octanol–water partition coefficient (Wildman–Crippen LogP) is 1.09. The Hall–Kier alpha value is -2.15. The average Bonchev–Trinajstić information content (AvgIpc) is 2.41. The molecule has 0 aromatic heterocycles. The van der Waals surface area contributed by atoms with Crippen LogP contribution in [0.3, 0.4) is 0 Å². The summed E-state index contributed by atoms with van der Waals surface area (Å²) in [6.07, 6.45) is 2.92. The topological polar surface area (TPSA) is 95.5 Å². The molecule has 0 bridgehead atoms. The van der Waals surface area contributed by atoms with Crippen LogP contribution in [0.5, 0.6) is 0 Å². The molecule has 1 rings (SSSR count). The number of nitrogens with one attached hydrogen (secondary N) is 2. The van der Waals surface area contributed by atoms with Gasteiger partial charge < -0.3 is 15.7 Å². The number of aryl methyl sites for hydroxylation is 1. The third-order valence-corrected chi connectivity index (χ3v) is 3.12. The normalized spacial score (nSPS) is 10.4. The van der Waals surface area contributed by atoms with E-state index in [4.69, 9.17) is 5.11 Å². The van der Waals surface area contributed by atoms with Crippen molar-refractivity contribution in [3.63, 3.8) is 0 Å². The zero-order valence-corrected chi connectivity index (χ0v) is 12.9. The maximum absolute atomic E-state index is 11.5. The van der Waals surface area contributed by atoms with Gasteiger partial charge in [-0.2, -0.15) is 0 Å². The summed E-state index contributed by atoms with van der Waals surface area (Å²) < 4.78 is 0.866. The van der Waals surface area contributed by atoms with Crippen LogP contribution in [-0.2, 0) is 14.4 Å². The Morgan fingerprint density at radius 2 is 1.95 bits per heavy atom. The number of carbonyl (C=O) groups excluding carboxylic acids is 2. The van der Waals surface area contributed by atoms with Gasteiger partial charge in [0.05, 0.1) is 6.54 Å². The zero-order chi connectivity index (χ0) is 15.8. The number of rotatable bonds is 6. The number of aliphatic carboxylic acids is 1. The van der Waals surface area contributed by atoms with Gasteiger partial charge in [-0.25, -0.2) is 0 Å². The van der Waals surface area contributed by atoms with E-state index >= 15 is 0 Å². The lowest BCUT2D eigenvalue weighted by Gasteiger charge is -2.03. The van der Waals surface area contributed by atoms with E-state index in [1.54, 1.807) is 6.08 Å². The Morgan fingerprint density at radius 3 is 2.57 bits per heavy atom. The van der Waals surface area contributed by atoms with Gasteiger partial charge >= 0.3 is 5.97 Å². The number of carboxylic acids is 1. The maximum atomic E-state index is 11.5. The summed E-state index contributed by atoms with van der Waals surface area (Å²) in [4.78, 5) is 33.0. The van der Waals surface area contributed by atoms with E-state index in [2.05, 4.69) is 26.6 Å². The molecule has 0 spiro atoms. The third-order valence-electron chi connectivity index (χ3n) is 2.43. The number of carboxylic acid groups (broad SMARTS) is 1. The van der Waals surface area contributed by atoms with Crippen LogP contribution < -0.4 is 10.6 Å². The molecule has 0 aliphatic rings. The van der Waals surface area contributed by atoms with Crippen LogP contribution >= 0.6 is 15.9 Å². The maximum Gasteiger partial charge on any atom is 0.322 e. The molecule has 0 aliphatic heterocycles. The van der Waals surface area contributed by atoms with Gasteiger partial charge in [0.1, 0.15) is 6.54 Å². The van der Waals surface area contributed by atoms with Gasteiger partial charge in [0.15, 0.2) is 0 Å². The van der Waals surface area contributed by atoms with Crippen molar-refractivity contribution >= 4 is 39.8 Å². The molecule has 0 radical (unpaired) electrons. The van der Waals surface area contributed by atoms with Gasteiger partial charge in [-0.3, -0.25) is 14.4 Å². The monoisotopic (exact) mass is 354 g/mol. The summed E-state index contributed by atoms with van der Waals surface area (Å²) in [5.41, 5.74) is 1.93. The minimum Gasteiger partial charge on any atom is -0.480 e. The molecule has 6 nitrogen and oxygen atoms in total. The van der Waals surface area contributed by atoms with Crippen LogP contribution in [0.4, 0.5) is 0 Å². The van der Waals surface area contributed by atoms with Gasteiger partial charge in [0, 0.05) is 10.5 Å². The molecule has 0 unspecified atom stereocenters. The van der Waals surface area contributed by atoms with Crippen molar-refractivity contribution in [2.75, 3.05) is 13.1 Å². The molecule has 1 aromatic carbocycles. The lowest BCUT2D eigenvalue weighted by Crippen LogP contribution is -2.38. The molecule has 21 heavy (non-hydrogen) atoms. The number of carbonyl (C=O) groups is 3. The predicted molar refractivity (Wildman–Crippen MR) is 81.6 cm³/mol. The first-order valence-corrected chi connectivity index (χ1v) is 6.88. The minimum atomic E-state index is -1.14. The Balaban J connectivity index is 2.44. The number of benzene rings is 1. The van der Waals surface area contributed by atoms with E-state index in [0.29, 0.717) is 0 Å². The van der Waals surface area contributed by atoms with Crippen LogP contribution in [0.1, 0.15) is 11.1 Å². The van der Waals surface area contributed by atoms with Crippen molar-refractivity contribution in [3.8, 4) is 0 Å². The van der Waals surface area contributed by atoms with Gasteiger partial charge in [0.25, 0.3) is 0 Å². The Bertz CT molecular complexity index is 584. The second kappa shape index (κ2) is 8.21. The number of amides is 2. The van der Waals surface area contributed by atoms with Crippen molar-refractivity contribution in [2.24, 2.45) is 0 Å². The van der Waals surface area contributed by atoms with Crippen LogP contribution in [0.25, 0.3) is 6.08 Å². The summed E-state index contributed by atoms with van der Waals surface area (Å²) in [5, 5.41) is 12.9. The lowest BCUT2D eigenvalue weighted by atomic mass is 10.1. The Labute approximate surface area is 130 Å². The highest BCUT2D eigenvalue weighted by molar-refractivity contribution is 9.10. The van der Waals surface area contributed by atoms with Crippen molar-refractivity contribution in [1.82, 2.24) is 10.6 Å². The molecule has 0 saturated heterocycles. The summed E-state index contributed by atoms with van der Waals surface area (Å²) in [6, 6.07) is 5.71. The number of halogens is 1. The molecule has 3 N–H and O–H groups in total. The molecule has 0 atom stereocenters. The quantitative estimate of drug-likeness (QED) is 0.666. The Kier molecular flexibility index (Phi) is 6.61. The van der Waals surface area contributed by atoms with E-state index in [-0.39, 0.29) is 6.54 Å². The molecule has 0 saturated carbocycles. The highest BCUT2D eigenvalue weighted by Gasteiger charge is 2.05. The van der Waals surface area contributed by atoms with E-state index in [1.807, 2.05) is 25.1 Å². The van der Waals surface area contributed by atoms with Crippen LogP contribution in [-0.4, -0.2) is 36.0 Å². The van der Waals surface area contributed by atoms with Crippen LogP contribution in [0.2, 0.25) is 0 Å². The van der Waals surface area contributed by atoms with Gasteiger partial charge in [0.2, 0.25) is 11.8 Å². The average molecular weight is 355 g/mol. The molecule has 0 fully saturated rings. The second-order valence-corrected chi connectivity index (χ2v) is 5.10. The smallest absolute Gasteiger partial charge is 0.322 e. The van der Waals surface area contributed by atoms with Gasteiger partial charge in [-0.15, -0.1) is 0 Å². The van der Waals surface area contributed by atoms with E-state index < -0.39 is 24.3 Å². The molecular weight excluding hydrogens is 340 g/mol. The van der Waals surface area contributed by atoms with Crippen molar-refractivity contribution in [3.05, 3.63) is 39.9 Å². The zero-order valence-electron chi connectivity index (χ0n) is 11.4. The van der Waals surface area contributed by atoms with E-state index in [9.17, 15) is 14.4 Å². The standard InChI is InChI=1S/C14H15BrN2O4/c1-9-2-3-10(11(15)6-9)4-5-12(18)16-7-13(19)17-8-14(20)21/h2-6H,7-8H2,1H3,(H,16,18)(H,17,19)(H,20,21)/b5-4+. The first kappa shape index (κ1) is 16.9. The van der Waals surface area contributed by atoms with E-state index in [0.717, 1.165) is 15.6 Å². The fraction of sp³-hybridized carbons (Fsp3) is 0.214. The number of hydrogen-bond donors (Lipinski definition) is 3. The summed E-state index contributed by atoms with van der Waals surface area (Å²) in [5.74, 6) is -2.14. The Morgan fingerprint density at radius 1 is 1.24 bits per heavy atom. The first-order valence-electron chi connectivity index (χ1n) is 6.09. The van der Waals surface area contributed by atoms with Crippen molar-refractivity contribution in [1.29, 1.82) is 0 Å². The van der Waals surface area contributed by atoms with E-state index in [1.165, 1.54) is 6.08 Å². The van der Waals surface area contributed by atoms with Gasteiger partial charge in [-0.1, -0.05) is 28.1 Å². The molecular formula is C14H15BrN2O4. The molecule has 2 amide bonds. The van der Waals surface area contributed by atoms with Crippen LogP contribution in [0.15, 0.2) is 28.7 Å². The molecule has 112 valence electrons. The third kappa shape index (κ3) is 6.71.